The Kier molecular flexibility index (Phi) is 5.51. The van der Waals surface area contributed by atoms with Gasteiger partial charge in [-0.1, -0.05) is 48.5 Å². The van der Waals surface area contributed by atoms with E-state index in [-0.39, 0.29) is 24.8 Å². The Labute approximate surface area is 144 Å². The largest absolute Gasteiger partial charge is 0.304 e. The first-order valence-electron chi connectivity index (χ1n) is 7.45. The summed E-state index contributed by atoms with van der Waals surface area (Å²) < 4.78 is 0. The molecule has 0 atom stereocenters. The van der Waals surface area contributed by atoms with E-state index in [0.717, 1.165) is 13.1 Å². The van der Waals surface area contributed by atoms with Crippen LogP contribution in [-0.4, -0.2) is 43.0 Å². The first kappa shape index (κ1) is 17.3. The van der Waals surface area contributed by atoms with Crippen molar-refractivity contribution in [2.45, 2.75) is 6.04 Å². The van der Waals surface area contributed by atoms with E-state index in [0.29, 0.717) is 6.04 Å². The van der Waals surface area contributed by atoms with Crippen LogP contribution in [0, 0.1) is 0 Å². The molecule has 4 rings (SSSR count). The number of piperazine rings is 1. The normalized spacial score (nSPS) is 18.0. The minimum atomic E-state index is 0. The predicted molar refractivity (Wildman–Crippen MR) is 97.3 cm³/mol. The zero-order valence-corrected chi connectivity index (χ0v) is 14.4. The summed E-state index contributed by atoms with van der Waals surface area (Å²) in [5.41, 5.74) is 5.82. The van der Waals surface area contributed by atoms with E-state index in [4.69, 9.17) is 0 Å². The molecule has 0 aromatic heterocycles. The summed E-state index contributed by atoms with van der Waals surface area (Å²) in [5, 5.41) is 0. The maximum Gasteiger partial charge on any atom is 0.0614 e. The van der Waals surface area contributed by atoms with Gasteiger partial charge in [0.1, 0.15) is 0 Å². The number of hydrogen-bond acceptors (Lipinski definition) is 2. The third-order valence-corrected chi connectivity index (χ3v) is 4.70. The monoisotopic (exact) mass is 336 g/mol. The molecule has 2 aromatic carbocycles. The molecular formula is C18H22Cl2N2. The molecule has 4 heteroatoms. The summed E-state index contributed by atoms with van der Waals surface area (Å²) in [6.07, 6.45) is 0. The molecule has 118 valence electrons. The molecule has 0 bridgehead atoms. The SMILES string of the molecule is CN1CCN(C2c3ccccc3-c3ccccc32)CC1.Cl.Cl. The van der Waals surface area contributed by atoms with Gasteiger partial charge < -0.3 is 4.90 Å². The van der Waals surface area contributed by atoms with Gasteiger partial charge in [-0.25, -0.2) is 0 Å². The van der Waals surface area contributed by atoms with Crippen LogP contribution in [0.25, 0.3) is 11.1 Å². The lowest BCUT2D eigenvalue weighted by atomic mass is 10.0. The van der Waals surface area contributed by atoms with Gasteiger partial charge in [-0.15, -0.1) is 24.8 Å². The van der Waals surface area contributed by atoms with Crippen LogP contribution >= 0.6 is 24.8 Å². The average molecular weight is 337 g/mol. The maximum atomic E-state index is 2.64. The summed E-state index contributed by atoms with van der Waals surface area (Å²) in [7, 11) is 2.22. The number of fused-ring (bicyclic) bond motifs is 3. The minimum absolute atomic E-state index is 0. The van der Waals surface area contributed by atoms with Gasteiger partial charge in [-0.2, -0.15) is 0 Å². The Bertz CT molecular complexity index is 591. The number of benzene rings is 2. The smallest absolute Gasteiger partial charge is 0.0614 e. The summed E-state index contributed by atoms with van der Waals surface area (Å²) in [6.45, 7) is 4.65. The maximum absolute atomic E-state index is 2.64. The molecule has 0 amide bonds. The van der Waals surface area contributed by atoms with E-state index in [1.807, 2.05) is 0 Å². The van der Waals surface area contributed by atoms with E-state index in [1.54, 1.807) is 0 Å². The topological polar surface area (TPSA) is 6.48 Å². The van der Waals surface area contributed by atoms with Crippen LogP contribution in [0.3, 0.4) is 0 Å². The van der Waals surface area contributed by atoms with Crippen molar-refractivity contribution in [1.29, 1.82) is 0 Å². The second-order valence-corrected chi connectivity index (χ2v) is 5.92. The minimum Gasteiger partial charge on any atom is -0.304 e. The summed E-state index contributed by atoms with van der Waals surface area (Å²) in [6, 6.07) is 18.3. The summed E-state index contributed by atoms with van der Waals surface area (Å²) in [4.78, 5) is 5.06. The van der Waals surface area contributed by atoms with Gasteiger partial charge >= 0.3 is 0 Å². The van der Waals surface area contributed by atoms with Gasteiger partial charge in [0.2, 0.25) is 0 Å². The van der Waals surface area contributed by atoms with Crippen LogP contribution in [0.5, 0.6) is 0 Å². The zero-order valence-electron chi connectivity index (χ0n) is 12.7. The number of likely N-dealkylation sites (N-methyl/N-ethyl adjacent to an activating group) is 1. The number of hydrogen-bond donors (Lipinski definition) is 0. The Morgan fingerprint density at radius 1 is 0.727 bits per heavy atom. The van der Waals surface area contributed by atoms with Crippen LogP contribution in [0.1, 0.15) is 17.2 Å². The first-order valence-corrected chi connectivity index (χ1v) is 7.45. The highest BCUT2D eigenvalue weighted by atomic mass is 35.5. The molecule has 0 N–H and O–H groups in total. The fourth-order valence-corrected chi connectivity index (χ4v) is 3.60. The van der Waals surface area contributed by atoms with Crippen molar-refractivity contribution in [3.63, 3.8) is 0 Å². The van der Waals surface area contributed by atoms with Crippen molar-refractivity contribution in [3.05, 3.63) is 59.7 Å². The summed E-state index contributed by atoms with van der Waals surface area (Å²) in [5.74, 6) is 0. The highest BCUT2D eigenvalue weighted by Crippen LogP contribution is 2.46. The molecular weight excluding hydrogens is 315 g/mol. The van der Waals surface area contributed by atoms with Gasteiger partial charge in [-0.05, 0) is 29.3 Å². The van der Waals surface area contributed by atoms with Gasteiger partial charge in [0.25, 0.3) is 0 Å². The second kappa shape index (κ2) is 7.01. The molecule has 1 aliphatic heterocycles. The van der Waals surface area contributed by atoms with E-state index in [2.05, 4.69) is 65.4 Å². The summed E-state index contributed by atoms with van der Waals surface area (Å²) >= 11 is 0. The highest BCUT2D eigenvalue weighted by molar-refractivity contribution is 5.85. The van der Waals surface area contributed by atoms with E-state index < -0.39 is 0 Å². The molecule has 1 aliphatic carbocycles. The van der Waals surface area contributed by atoms with Gasteiger partial charge in [0.15, 0.2) is 0 Å². The fourth-order valence-electron chi connectivity index (χ4n) is 3.60. The quantitative estimate of drug-likeness (QED) is 0.780. The van der Waals surface area contributed by atoms with Crippen LogP contribution in [-0.2, 0) is 0 Å². The number of nitrogens with zero attached hydrogens (tertiary/aromatic N) is 2. The third-order valence-electron chi connectivity index (χ3n) is 4.70. The Hall–Kier alpha value is -1.06. The van der Waals surface area contributed by atoms with Crippen molar-refractivity contribution < 1.29 is 0 Å². The van der Waals surface area contributed by atoms with Crippen LogP contribution in [0.4, 0.5) is 0 Å². The molecule has 1 heterocycles. The highest BCUT2D eigenvalue weighted by Gasteiger charge is 2.33. The molecule has 0 spiro atoms. The van der Waals surface area contributed by atoms with Crippen molar-refractivity contribution in [2.24, 2.45) is 0 Å². The lowest BCUT2D eigenvalue weighted by Crippen LogP contribution is -2.45. The third kappa shape index (κ3) is 2.77. The zero-order chi connectivity index (χ0) is 13.5. The molecule has 0 saturated carbocycles. The van der Waals surface area contributed by atoms with Crippen LogP contribution in [0.15, 0.2) is 48.5 Å². The molecule has 0 radical (unpaired) electrons. The van der Waals surface area contributed by atoms with Crippen LogP contribution in [0.2, 0.25) is 0 Å². The van der Waals surface area contributed by atoms with Gasteiger partial charge in [-0.3, -0.25) is 4.90 Å². The predicted octanol–water partition coefficient (Wildman–Crippen LogP) is 3.85. The van der Waals surface area contributed by atoms with Crippen molar-refractivity contribution in [2.75, 3.05) is 33.2 Å². The van der Waals surface area contributed by atoms with Crippen molar-refractivity contribution >= 4 is 24.8 Å². The fraction of sp³-hybridized carbons (Fsp3) is 0.333. The van der Waals surface area contributed by atoms with Crippen molar-refractivity contribution in [3.8, 4) is 11.1 Å². The molecule has 0 unspecified atom stereocenters. The lowest BCUT2D eigenvalue weighted by Gasteiger charge is -2.37. The van der Waals surface area contributed by atoms with Crippen molar-refractivity contribution in [1.82, 2.24) is 9.80 Å². The number of halogens is 2. The first-order chi connectivity index (χ1) is 9.84. The second-order valence-electron chi connectivity index (χ2n) is 5.92. The Morgan fingerprint density at radius 2 is 1.18 bits per heavy atom. The Morgan fingerprint density at radius 3 is 1.68 bits per heavy atom. The molecule has 2 aliphatic rings. The molecule has 1 saturated heterocycles. The molecule has 1 fully saturated rings. The number of rotatable bonds is 1. The average Bonchev–Trinajstić information content (AvgIpc) is 2.83. The Balaban J connectivity index is 0.000000882. The van der Waals surface area contributed by atoms with E-state index in [1.165, 1.54) is 35.3 Å². The standard InChI is InChI=1S/C18H20N2.2ClH/c1-19-10-12-20(13-11-19)18-16-8-4-2-6-14(16)15-7-3-5-9-17(15)18;;/h2-9,18H,10-13H2,1H3;2*1H. The van der Waals surface area contributed by atoms with Gasteiger partial charge in [0.05, 0.1) is 6.04 Å². The lowest BCUT2D eigenvalue weighted by molar-refractivity contribution is 0.129. The van der Waals surface area contributed by atoms with E-state index >= 15 is 0 Å². The van der Waals surface area contributed by atoms with Crippen LogP contribution < -0.4 is 0 Å². The van der Waals surface area contributed by atoms with E-state index in [9.17, 15) is 0 Å². The molecule has 22 heavy (non-hydrogen) atoms. The molecule has 2 nitrogen and oxygen atoms in total. The molecule has 2 aromatic rings. The van der Waals surface area contributed by atoms with Gasteiger partial charge in [0, 0.05) is 26.2 Å².